The SMILES string of the molecule is O=C1c2ccccc2C(=O)c2cc(C(=O)c3cccc4c3[nH]c3ccccc34)ccc21. The number of aromatic amines is 1. The lowest BCUT2D eigenvalue weighted by Gasteiger charge is -2.17. The fourth-order valence-electron chi connectivity index (χ4n) is 4.46. The largest absolute Gasteiger partial charge is 0.354 e. The first-order chi connectivity index (χ1) is 15.1. The normalized spacial score (nSPS) is 12.8. The van der Waals surface area contributed by atoms with Gasteiger partial charge in [-0.1, -0.05) is 60.7 Å². The summed E-state index contributed by atoms with van der Waals surface area (Å²) in [7, 11) is 0. The molecule has 6 rings (SSSR count). The van der Waals surface area contributed by atoms with Gasteiger partial charge in [-0.15, -0.1) is 0 Å². The second-order valence-corrected chi connectivity index (χ2v) is 7.69. The monoisotopic (exact) mass is 401 g/mol. The highest BCUT2D eigenvalue weighted by Crippen LogP contribution is 2.31. The molecule has 0 amide bonds. The first-order valence-corrected chi connectivity index (χ1v) is 10.00. The Labute approximate surface area is 177 Å². The molecule has 4 aromatic carbocycles. The predicted octanol–water partition coefficient (Wildman–Crippen LogP) is 5.33. The van der Waals surface area contributed by atoms with E-state index < -0.39 is 0 Å². The summed E-state index contributed by atoms with van der Waals surface area (Å²) in [6.07, 6.45) is 0. The van der Waals surface area contributed by atoms with Crippen LogP contribution < -0.4 is 0 Å². The van der Waals surface area contributed by atoms with E-state index in [4.69, 9.17) is 0 Å². The lowest BCUT2D eigenvalue weighted by atomic mass is 9.83. The Hall–Kier alpha value is -4.31. The van der Waals surface area contributed by atoms with E-state index in [1.807, 2.05) is 36.4 Å². The van der Waals surface area contributed by atoms with Gasteiger partial charge in [-0.05, 0) is 24.3 Å². The minimum absolute atomic E-state index is 0.193. The van der Waals surface area contributed by atoms with Gasteiger partial charge in [-0.3, -0.25) is 14.4 Å². The number of ketones is 3. The van der Waals surface area contributed by atoms with Crippen molar-refractivity contribution < 1.29 is 14.4 Å². The van der Waals surface area contributed by atoms with Gasteiger partial charge in [0.2, 0.25) is 0 Å². The summed E-state index contributed by atoms with van der Waals surface area (Å²) in [5, 5.41) is 2.02. The van der Waals surface area contributed by atoms with Crippen molar-refractivity contribution >= 4 is 39.2 Å². The lowest BCUT2D eigenvalue weighted by molar-refractivity contribution is 0.0978. The Morgan fingerprint density at radius 3 is 2.06 bits per heavy atom. The molecule has 0 fully saturated rings. The molecular weight excluding hydrogens is 386 g/mol. The van der Waals surface area contributed by atoms with E-state index in [2.05, 4.69) is 4.98 Å². The van der Waals surface area contributed by atoms with Gasteiger partial charge < -0.3 is 4.98 Å². The topological polar surface area (TPSA) is 67.0 Å². The molecule has 1 aromatic heterocycles. The Balaban J connectivity index is 1.50. The van der Waals surface area contributed by atoms with Gasteiger partial charge in [0.25, 0.3) is 0 Å². The van der Waals surface area contributed by atoms with Gasteiger partial charge in [-0.25, -0.2) is 0 Å². The maximum Gasteiger partial charge on any atom is 0.195 e. The van der Waals surface area contributed by atoms with E-state index in [0.717, 1.165) is 21.8 Å². The molecule has 5 aromatic rings. The highest BCUT2D eigenvalue weighted by molar-refractivity contribution is 6.29. The molecule has 0 bridgehead atoms. The van der Waals surface area contributed by atoms with Crippen molar-refractivity contribution in [2.75, 3.05) is 0 Å². The molecule has 0 radical (unpaired) electrons. The van der Waals surface area contributed by atoms with Crippen LogP contribution in [0.3, 0.4) is 0 Å². The Morgan fingerprint density at radius 2 is 1.26 bits per heavy atom. The number of H-pyrrole nitrogens is 1. The van der Waals surface area contributed by atoms with E-state index in [9.17, 15) is 14.4 Å². The lowest BCUT2D eigenvalue weighted by Crippen LogP contribution is -2.21. The molecule has 1 N–H and O–H groups in total. The number of carbonyl (C=O) groups excluding carboxylic acids is 3. The van der Waals surface area contributed by atoms with Crippen LogP contribution >= 0.6 is 0 Å². The zero-order valence-corrected chi connectivity index (χ0v) is 16.3. The Kier molecular flexibility index (Phi) is 3.59. The molecule has 1 aliphatic rings. The van der Waals surface area contributed by atoms with Gasteiger partial charge in [0.15, 0.2) is 17.3 Å². The number of fused-ring (bicyclic) bond motifs is 5. The van der Waals surface area contributed by atoms with E-state index >= 15 is 0 Å². The molecular formula is C27H15NO3. The van der Waals surface area contributed by atoms with E-state index in [1.54, 1.807) is 48.5 Å². The first-order valence-electron chi connectivity index (χ1n) is 10.00. The van der Waals surface area contributed by atoms with Crippen molar-refractivity contribution in [2.45, 2.75) is 0 Å². The van der Waals surface area contributed by atoms with Crippen LogP contribution in [0, 0.1) is 0 Å². The third-order valence-electron chi connectivity index (χ3n) is 5.97. The second kappa shape index (κ2) is 6.34. The van der Waals surface area contributed by atoms with Crippen LogP contribution in [-0.2, 0) is 0 Å². The number of nitrogens with one attached hydrogen (secondary N) is 1. The molecule has 0 saturated carbocycles. The van der Waals surface area contributed by atoms with Crippen LogP contribution in [0.5, 0.6) is 0 Å². The van der Waals surface area contributed by atoms with Crippen LogP contribution in [0.4, 0.5) is 0 Å². The van der Waals surface area contributed by atoms with Crippen molar-refractivity contribution in [3.63, 3.8) is 0 Å². The number of hydrogen-bond acceptors (Lipinski definition) is 3. The molecule has 0 saturated heterocycles. The van der Waals surface area contributed by atoms with Crippen molar-refractivity contribution in [2.24, 2.45) is 0 Å². The van der Waals surface area contributed by atoms with Crippen LogP contribution in [0.25, 0.3) is 21.8 Å². The van der Waals surface area contributed by atoms with Gasteiger partial charge in [-0.2, -0.15) is 0 Å². The van der Waals surface area contributed by atoms with E-state index in [0.29, 0.717) is 27.8 Å². The van der Waals surface area contributed by atoms with Gasteiger partial charge >= 0.3 is 0 Å². The summed E-state index contributed by atoms with van der Waals surface area (Å²) in [5.41, 5.74) is 4.03. The average Bonchev–Trinajstić information content (AvgIpc) is 3.20. The maximum absolute atomic E-state index is 13.4. The quantitative estimate of drug-likeness (QED) is 0.399. The Bertz CT molecular complexity index is 1590. The number of aromatic nitrogens is 1. The zero-order chi connectivity index (χ0) is 21.1. The summed E-state index contributed by atoms with van der Waals surface area (Å²) in [4.78, 5) is 42.6. The van der Waals surface area contributed by atoms with Crippen molar-refractivity contribution in [1.82, 2.24) is 4.98 Å². The fraction of sp³-hybridized carbons (Fsp3) is 0. The second-order valence-electron chi connectivity index (χ2n) is 7.69. The molecule has 31 heavy (non-hydrogen) atoms. The molecule has 1 aliphatic carbocycles. The summed E-state index contributed by atoms with van der Waals surface area (Å²) >= 11 is 0. The Morgan fingerprint density at radius 1 is 0.613 bits per heavy atom. The highest BCUT2D eigenvalue weighted by atomic mass is 16.1. The van der Waals surface area contributed by atoms with E-state index in [-0.39, 0.29) is 22.9 Å². The first kappa shape index (κ1) is 17.5. The molecule has 4 nitrogen and oxygen atoms in total. The minimum Gasteiger partial charge on any atom is -0.354 e. The number of para-hydroxylation sites is 2. The summed E-state index contributed by atoms with van der Waals surface area (Å²) in [5.74, 6) is -0.621. The van der Waals surface area contributed by atoms with Crippen LogP contribution in [0.1, 0.15) is 47.8 Å². The van der Waals surface area contributed by atoms with Gasteiger partial charge in [0.05, 0.1) is 5.52 Å². The smallest absolute Gasteiger partial charge is 0.195 e. The summed E-state index contributed by atoms with van der Waals surface area (Å²) in [6.45, 7) is 0. The van der Waals surface area contributed by atoms with Crippen molar-refractivity contribution in [3.05, 3.63) is 118 Å². The standard InChI is InChI=1S/C27H15NO3/c29-25(21-10-5-9-17-16-6-3-4-11-23(16)28-24(17)21)15-12-13-20-22(14-15)27(31)19-8-2-1-7-18(19)26(20)30/h1-14,28H. The third-order valence-corrected chi connectivity index (χ3v) is 5.97. The number of carbonyl (C=O) groups is 3. The highest BCUT2D eigenvalue weighted by Gasteiger charge is 2.30. The minimum atomic E-state index is -0.233. The van der Waals surface area contributed by atoms with Crippen molar-refractivity contribution in [1.29, 1.82) is 0 Å². The average molecular weight is 401 g/mol. The van der Waals surface area contributed by atoms with Crippen LogP contribution in [0.2, 0.25) is 0 Å². The molecule has 0 aliphatic heterocycles. The van der Waals surface area contributed by atoms with Crippen LogP contribution in [-0.4, -0.2) is 22.3 Å². The molecule has 0 unspecified atom stereocenters. The molecule has 1 heterocycles. The predicted molar refractivity (Wildman–Crippen MR) is 119 cm³/mol. The van der Waals surface area contributed by atoms with Crippen LogP contribution in [0.15, 0.2) is 84.9 Å². The maximum atomic E-state index is 13.4. The number of benzene rings is 4. The van der Waals surface area contributed by atoms with Crippen molar-refractivity contribution in [3.8, 4) is 0 Å². The number of hydrogen-bond donors (Lipinski definition) is 1. The van der Waals surface area contributed by atoms with E-state index in [1.165, 1.54) is 0 Å². The van der Waals surface area contributed by atoms with Gasteiger partial charge in [0.1, 0.15) is 0 Å². The third kappa shape index (κ3) is 2.45. The summed E-state index contributed by atoms with van der Waals surface area (Å²) in [6, 6.07) is 25.1. The molecule has 0 atom stereocenters. The fourth-order valence-corrected chi connectivity index (χ4v) is 4.46. The number of rotatable bonds is 2. The van der Waals surface area contributed by atoms with Gasteiger partial charge in [0, 0.05) is 49.7 Å². The molecule has 4 heteroatoms. The molecule has 0 spiro atoms. The summed E-state index contributed by atoms with van der Waals surface area (Å²) < 4.78 is 0. The zero-order valence-electron chi connectivity index (χ0n) is 16.3. The molecule has 146 valence electrons.